The maximum Gasteiger partial charge on any atom is 0.420 e. The van der Waals surface area contributed by atoms with E-state index in [2.05, 4.69) is 20.2 Å². The van der Waals surface area contributed by atoms with Crippen LogP contribution in [0.5, 0.6) is 17.2 Å². The van der Waals surface area contributed by atoms with Crippen molar-refractivity contribution in [3.05, 3.63) is 66.5 Å². The van der Waals surface area contributed by atoms with Gasteiger partial charge in [0.2, 0.25) is 0 Å². The standard InChI is InChI=1S/C30H26F5N7O5/c1-40-12-18(10-38-40)16-6-20-24(22(7-16)46-13-19-11-36-4-5-37-19)26(41(2)39-20)17-8-21(45-3)25(23(9-17)47-28(31)32)27(43)42-14-29(44,15-42)30(33,34)35/h4-12,28,44H,13-15H2,1-3H3. The minimum atomic E-state index is -5.00. The Labute approximate surface area is 262 Å². The van der Waals surface area contributed by atoms with Gasteiger partial charge < -0.3 is 24.2 Å². The van der Waals surface area contributed by atoms with Gasteiger partial charge in [0.1, 0.15) is 29.4 Å². The van der Waals surface area contributed by atoms with Gasteiger partial charge in [0.25, 0.3) is 5.91 Å². The molecule has 6 rings (SSSR count). The summed E-state index contributed by atoms with van der Waals surface area (Å²) >= 11 is 0. The highest BCUT2D eigenvalue weighted by atomic mass is 19.4. The van der Waals surface area contributed by atoms with E-state index in [1.165, 1.54) is 36.4 Å². The molecule has 3 aromatic heterocycles. The summed E-state index contributed by atoms with van der Waals surface area (Å²) < 4.78 is 86.5. The average molecular weight is 660 g/mol. The molecule has 1 aliphatic rings. The number of fused-ring (bicyclic) bond motifs is 1. The molecule has 1 N–H and O–H groups in total. The number of benzene rings is 2. The third-order valence-corrected chi connectivity index (χ3v) is 7.64. The van der Waals surface area contributed by atoms with Crippen molar-refractivity contribution in [3.8, 4) is 39.6 Å². The number of likely N-dealkylation sites (tertiary alicyclic amines) is 1. The fourth-order valence-corrected chi connectivity index (χ4v) is 5.38. The number of hydrogen-bond acceptors (Lipinski definition) is 9. The smallest absolute Gasteiger partial charge is 0.420 e. The van der Waals surface area contributed by atoms with Crippen molar-refractivity contribution in [2.75, 3.05) is 20.2 Å². The van der Waals surface area contributed by atoms with Gasteiger partial charge in [0.15, 0.2) is 5.60 Å². The summed E-state index contributed by atoms with van der Waals surface area (Å²) in [6.07, 6.45) is 3.04. The van der Waals surface area contributed by atoms with Gasteiger partial charge in [-0.2, -0.15) is 32.1 Å². The molecule has 2 aromatic carbocycles. The van der Waals surface area contributed by atoms with Crippen LogP contribution in [0.2, 0.25) is 0 Å². The summed E-state index contributed by atoms with van der Waals surface area (Å²) in [5, 5.41) is 19.2. The molecule has 0 spiro atoms. The lowest BCUT2D eigenvalue weighted by Crippen LogP contribution is -2.70. The van der Waals surface area contributed by atoms with Gasteiger partial charge >= 0.3 is 12.8 Å². The van der Waals surface area contributed by atoms with Crippen molar-refractivity contribution in [2.45, 2.75) is 25.0 Å². The first kappa shape index (κ1) is 31.7. The van der Waals surface area contributed by atoms with Crippen molar-refractivity contribution in [1.82, 2.24) is 34.4 Å². The third kappa shape index (κ3) is 5.89. The number of aliphatic hydroxyl groups is 1. The molecule has 5 aromatic rings. The van der Waals surface area contributed by atoms with Gasteiger partial charge in [-0.05, 0) is 29.8 Å². The molecule has 1 saturated heterocycles. The molecule has 0 atom stereocenters. The number of carbonyl (C=O) groups excluding carboxylic acids is 1. The lowest BCUT2D eigenvalue weighted by Gasteiger charge is -2.47. The summed E-state index contributed by atoms with van der Waals surface area (Å²) in [5.74, 6) is -1.65. The van der Waals surface area contributed by atoms with Crippen LogP contribution < -0.4 is 14.2 Å². The monoisotopic (exact) mass is 659 g/mol. The molecule has 0 saturated carbocycles. The molecule has 1 amide bonds. The molecule has 0 unspecified atom stereocenters. The first-order valence-electron chi connectivity index (χ1n) is 13.9. The molecular weight excluding hydrogens is 633 g/mol. The average Bonchev–Trinajstić information content (AvgIpc) is 3.59. The lowest BCUT2D eigenvalue weighted by molar-refractivity contribution is -0.294. The predicted octanol–water partition coefficient (Wildman–Crippen LogP) is 4.37. The fraction of sp³-hybridized carbons (Fsp3) is 0.300. The number of β-amino-alcohol motifs (C(OH)–C–C–N with tert-alkyl or cyclic N) is 1. The van der Waals surface area contributed by atoms with Crippen LogP contribution in [0.15, 0.2) is 55.2 Å². The number of nitrogens with zero attached hydrogens (tertiary/aromatic N) is 7. The van der Waals surface area contributed by atoms with E-state index in [9.17, 15) is 31.9 Å². The zero-order valence-corrected chi connectivity index (χ0v) is 25.0. The maximum absolute atomic E-state index is 13.7. The van der Waals surface area contributed by atoms with E-state index < -0.39 is 48.7 Å². The molecule has 17 heteroatoms. The van der Waals surface area contributed by atoms with Gasteiger partial charge in [-0.25, -0.2) is 0 Å². The number of carbonyl (C=O) groups is 1. The largest absolute Gasteiger partial charge is 0.496 e. The van der Waals surface area contributed by atoms with Gasteiger partial charge in [-0.3, -0.25) is 24.1 Å². The minimum absolute atomic E-state index is 0.0182. The summed E-state index contributed by atoms with van der Waals surface area (Å²) in [5.41, 5.74) is -0.607. The Morgan fingerprint density at radius 2 is 1.74 bits per heavy atom. The Hall–Kier alpha value is -5.32. The summed E-state index contributed by atoms with van der Waals surface area (Å²) in [7, 11) is 4.55. The van der Waals surface area contributed by atoms with Crippen LogP contribution in [-0.2, 0) is 20.7 Å². The predicted molar refractivity (Wildman–Crippen MR) is 155 cm³/mol. The Balaban J connectivity index is 1.48. The van der Waals surface area contributed by atoms with E-state index in [1.54, 1.807) is 43.3 Å². The number of alkyl halides is 5. The number of amides is 1. The lowest BCUT2D eigenvalue weighted by atomic mass is 9.92. The number of aromatic nitrogens is 6. The number of hydrogen-bond donors (Lipinski definition) is 1. The number of rotatable bonds is 9. The van der Waals surface area contributed by atoms with Gasteiger partial charge in [0, 0.05) is 43.8 Å². The summed E-state index contributed by atoms with van der Waals surface area (Å²) in [6.45, 7) is -5.57. The quantitative estimate of drug-likeness (QED) is 0.230. The fourth-order valence-electron chi connectivity index (χ4n) is 5.38. The highest BCUT2D eigenvalue weighted by Gasteiger charge is 2.62. The summed E-state index contributed by atoms with van der Waals surface area (Å²) in [6, 6.07) is 6.06. The Kier molecular flexibility index (Phi) is 7.95. The zero-order chi connectivity index (χ0) is 33.7. The molecular formula is C30H26F5N7O5. The Morgan fingerprint density at radius 3 is 2.36 bits per heavy atom. The van der Waals surface area contributed by atoms with Crippen LogP contribution in [0.25, 0.3) is 33.3 Å². The van der Waals surface area contributed by atoms with Gasteiger partial charge in [-0.15, -0.1) is 0 Å². The second-order valence-corrected chi connectivity index (χ2v) is 10.8. The van der Waals surface area contributed by atoms with Crippen molar-refractivity contribution in [1.29, 1.82) is 0 Å². The number of ether oxygens (including phenoxy) is 3. The molecule has 4 heterocycles. The molecule has 1 fully saturated rings. The van der Waals surface area contributed by atoms with Crippen molar-refractivity contribution >= 4 is 16.8 Å². The Morgan fingerprint density at radius 1 is 1.02 bits per heavy atom. The number of aryl methyl sites for hydroxylation is 2. The number of halogens is 5. The van der Waals surface area contributed by atoms with Crippen molar-refractivity contribution in [3.63, 3.8) is 0 Å². The molecule has 246 valence electrons. The summed E-state index contributed by atoms with van der Waals surface area (Å²) in [4.78, 5) is 22.3. The Bertz CT molecular complexity index is 1960. The van der Waals surface area contributed by atoms with E-state index >= 15 is 0 Å². The second-order valence-electron chi connectivity index (χ2n) is 10.8. The molecule has 1 aliphatic heterocycles. The minimum Gasteiger partial charge on any atom is -0.496 e. The highest BCUT2D eigenvalue weighted by Crippen LogP contribution is 2.44. The highest BCUT2D eigenvalue weighted by molar-refractivity contribution is 6.04. The zero-order valence-electron chi connectivity index (χ0n) is 25.0. The van der Waals surface area contributed by atoms with Crippen LogP contribution in [0.1, 0.15) is 16.1 Å². The molecule has 0 radical (unpaired) electrons. The van der Waals surface area contributed by atoms with Crippen LogP contribution in [0, 0.1) is 0 Å². The first-order chi connectivity index (χ1) is 22.3. The van der Waals surface area contributed by atoms with E-state index in [1.807, 2.05) is 0 Å². The molecule has 0 aliphatic carbocycles. The topological polar surface area (TPSA) is 130 Å². The van der Waals surface area contributed by atoms with Crippen LogP contribution in [-0.4, -0.2) is 84.0 Å². The van der Waals surface area contributed by atoms with Crippen LogP contribution in [0.4, 0.5) is 22.0 Å². The number of methoxy groups -OCH3 is 1. The normalized spacial score (nSPS) is 14.4. The third-order valence-electron chi connectivity index (χ3n) is 7.64. The first-order valence-corrected chi connectivity index (χ1v) is 13.9. The molecule has 12 nitrogen and oxygen atoms in total. The second kappa shape index (κ2) is 11.8. The SMILES string of the molecule is COc1cc(-c2c3c(OCc4cnccn4)cc(-c4cnn(C)c4)cc3nn2C)cc(OC(F)F)c1C(=O)N1CC(O)(C(F)(F)F)C1. The van der Waals surface area contributed by atoms with E-state index in [0.717, 1.165) is 17.2 Å². The van der Waals surface area contributed by atoms with E-state index in [-0.39, 0.29) is 17.9 Å². The van der Waals surface area contributed by atoms with Gasteiger partial charge in [-0.1, -0.05) is 0 Å². The maximum atomic E-state index is 13.7. The van der Waals surface area contributed by atoms with Crippen molar-refractivity contribution in [2.24, 2.45) is 14.1 Å². The van der Waals surface area contributed by atoms with Crippen LogP contribution in [0.3, 0.4) is 0 Å². The van der Waals surface area contributed by atoms with E-state index in [0.29, 0.717) is 32.9 Å². The van der Waals surface area contributed by atoms with E-state index in [4.69, 9.17) is 14.2 Å². The van der Waals surface area contributed by atoms with Crippen LogP contribution >= 0.6 is 0 Å². The molecule has 47 heavy (non-hydrogen) atoms. The molecule has 0 bridgehead atoms. The van der Waals surface area contributed by atoms with Gasteiger partial charge in [0.05, 0.1) is 54.9 Å². The van der Waals surface area contributed by atoms with Crippen molar-refractivity contribution < 1.29 is 46.1 Å².